The van der Waals surface area contributed by atoms with E-state index in [0.717, 1.165) is 36.8 Å². The third-order valence-corrected chi connectivity index (χ3v) is 6.08. The van der Waals surface area contributed by atoms with E-state index in [4.69, 9.17) is 0 Å². The number of rotatable bonds is 7. The monoisotopic (exact) mass is 335 g/mol. The number of carbonyl (C=O) groups is 1. The van der Waals surface area contributed by atoms with Crippen LogP contribution in [0.25, 0.3) is 5.57 Å². The van der Waals surface area contributed by atoms with Gasteiger partial charge in [0.05, 0.1) is 11.5 Å². The summed E-state index contributed by atoms with van der Waals surface area (Å²) in [4.78, 5) is 12.0. The molecule has 0 bridgehead atoms. The van der Waals surface area contributed by atoms with Crippen molar-refractivity contribution in [3.8, 4) is 0 Å². The molecule has 1 aromatic rings. The van der Waals surface area contributed by atoms with E-state index in [-0.39, 0.29) is 11.8 Å². The van der Waals surface area contributed by atoms with Crippen LogP contribution < -0.4 is 5.32 Å². The highest BCUT2D eigenvalue weighted by Gasteiger charge is 2.27. The molecule has 1 heterocycles. The Balaban J connectivity index is 1.75. The summed E-state index contributed by atoms with van der Waals surface area (Å²) in [5.41, 5.74) is 2.09. The minimum Gasteiger partial charge on any atom is -0.353 e. The summed E-state index contributed by atoms with van der Waals surface area (Å²) in [6, 6.07) is 9.89. The maximum atomic E-state index is 12.0. The SMILES string of the molecule is CC/C(=C\C(=O)NCCCC1CCS(=O)(=O)C1)c1ccccc1. The van der Waals surface area contributed by atoms with Crippen LogP contribution in [-0.2, 0) is 14.6 Å². The summed E-state index contributed by atoms with van der Waals surface area (Å²) in [5.74, 6) is 0.825. The molecule has 2 rings (SSSR count). The fraction of sp³-hybridized carbons (Fsp3) is 0.500. The molecule has 0 spiro atoms. The second-order valence-electron chi connectivity index (χ2n) is 6.09. The molecular formula is C18H25NO3S. The maximum Gasteiger partial charge on any atom is 0.244 e. The second kappa shape index (κ2) is 8.29. The van der Waals surface area contributed by atoms with Crippen LogP contribution in [0.2, 0.25) is 0 Å². The fourth-order valence-electron chi connectivity index (χ4n) is 2.95. The van der Waals surface area contributed by atoms with Gasteiger partial charge in [-0.25, -0.2) is 8.42 Å². The highest BCUT2D eigenvalue weighted by molar-refractivity contribution is 7.91. The summed E-state index contributed by atoms with van der Waals surface area (Å²) in [5, 5.41) is 2.90. The fourth-order valence-corrected chi connectivity index (χ4v) is 4.86. The Hall–Kier alpha value is -1.62. The number of carbonyl (C=O) groups excluding carboxylic acids is 1. The number of hydrogen-bond donors (Lipinski definition) is 1. The van der Waals surface area contributed by atoms with E-state index in [1.54, 1.807) is 6.08 Å². The van der Waals surface area contributed by atoms with Gasteiger partial charge >= 0.3 is 0 Å². The average molecular weight is 335 g/mol. The van der Waals surface area contributed by atoms with Crippen molar-refractivity contribution in [3.63, 3.8) is 0 Å². The Bertz CT molecular complexity index is 650. The van der Waals surface area contributed by atoms with E-state index in [9.17, 15) is 13.2 Å². The molecule has 5 heteroatoms. The Kier molecular flexibility index (Phi) is 6.39. The molecule has 0 aromatic heterocycles. The first-order valence-electron chi connectivity index (χ1n) is 8.24. The lowest BCUT2D eigenvalue weighted by molar-refractivity contribution is -0.116. The van der Waals surface area contributed by atoms with Crippen LogP contribution in [0.5, 0.6) is 0 Å². The molecule has 1 atom stereocenters. The molecule has 1 fully saturated rings. The summed E-state index contributed by atoms with van der Waals surface area (Å²) in [6.45, 7) is 2.63. The smallest absolute Gasteiger partial charge is 0.244 e. The van der Waals surface area contributed by atoms with Crippen LogP contribution in [0, 0.1) is 5.92 Å². The predicted octanol–water partition coefficient (Wildman–Crippen LogP) is 2.81. The normalized spacial score (nSPS) is 20.4. The van der Waals surface area contributed by atoms with Gasteiger partial charge in [-0.2, -0.15) is 0 Å². The molecule has 23 heavy (non-hydrogen) atoms. The number of sulfone groups is 1. The van der Waals surface area contributed by atoms with Crippen LogP contribution in [0.3, 0.4) is 0 Å². The summed E-state index contributed by atoms with van der Waals surface area (Å²) in [6.07, 6.45) is 4.92. The number of amides is 1. The molecule has 0 aliphatic carbocycles. The Labute approximate surface area is 138 Å². The van der Waals surface area contributed by atoms with Crippen LogP contribution in [0.4, 0.5) is 0 Å². The molecule has 0 radical (unpaired) electrons. The van der Waals surface area contributed by atoms with Crippen molar-refractivity contribution in [2.24, 2.45) is 5.92 Å². The van der Waals surface area contributed by atoms with Crippen molar-refractivity contribution in [2.45, 2.75) is 32.6 Å². The molecule has 1 aliphatic rings. The maximum absolute atomic E-state index is 12.0. The van der Waals surface area contributed by atoms with Gasteiger partial charge in [-0.1, -0.05) is 37.3 Å². The van der Waals surface area contributed by atoms with Crippen LogP contribution in [0.1, 0.15) is 38.2 Å². The number of nitrogens with one attached hydrogen (secondary N) is 1. The topological polar surface area (TPSA) is 63.2 Å². The zero-order chi connectivity index (χ0) is 16.7. The van der Waals surface area contributed by atoms with E-state index in [1.165, 1.54) is 0 Å². The molecule has 1 unspecified atom stereocenters. The van der Waals surface area contributed by atoms with E-state index in [0.29, 0.717) is 18.1 Å². The van der Waals surface area contributed by atoms with Gasteiger partial charge in [-0.15, -0.1) is 0 Å². The van der Waals surface area contributed by atoms with E-state index in [2.05, 4.69) is 5.32 Å². The second-order valence-corrected chi connectivity index (χ2v) is 8.32. The van der Waals surface area contributed by atoms with Crippen molar-refractivity contribution in [2.75, 3.05) is 18.1 Å². The van der Waals surface area contributed by atoms with Crippen molar-refractivity contribution >= 4 is 21.3 Å². The summed E-state index contributed by atoms with van der Waals surface area (Å²) >= 11 is 0. The number of allylic oxidation sites excluding steroid dienone is 1. The molecule has 4 nitrogen and oxygen atoms in total. The van der Waals surface area contributed by atoms with Crippen molar-refractivity contribution in [1.82, 2.24) is 5.32 Å². The Morgan fingerprint density at radius 1 is 1.30 bits per heavy atom. The van der Waals surface area contributed by atoms with E-state index >= 15 is 0 Å². The van der Waals surface area contributed by atoms with Gasteiger partial charge in [0.25, 0.3) is 0 Å². The number of benzene rings is 1. The molecule has 1 saturated heterocycles. The van der Waals surface area contributed by atoms with E-state index < -0.39 is 9.84 Å². The molecule has 0 saturated carbocycles. The van der Waals surface area contributed by atoms with Crippen molar-refractivity contribution < 1.29 is 13.2 Å². The first-order valence-corrected chi connectivity index (χ1v) is 10.1. The lowest BCUT2D eigenvalue weighted by atomic mass is 10.0. The highest BCUT2D eigenvalue weighted by atomic mass is 32.2. The molecular weight excluding hydrogens is 310 g/mol. The minimum absolute atomic E-state index is 0.0789. The quantitative estimate of drug-likeness (QED) is 0.615. The Morgan fingerprint density at radius 3 is 2.65 bits per heavy atom. The van der Waals surface area contributed by atoms with Gasteiger partial charge in [0, 0.05) is 12.6 Å². The zero-order valence-corrected chi connectivity index (χ0v) is 14.4. The number of hydrogen-bond acceptors (Lipinski definition) is 3. The average Bonchev–Trinajstić information content (AvgIpc) is 2.89. The molecule has 126 valence electrons. The first kappa shape index (κ1) is 17.7. The molecule has 1 aliphatic heterocycles. The molecule has 1 N–H and O–H groups in total. The minimum atomic E-state index is -2.80. The van der Waals surface area contributed by atoms with Crippen LogP contribution in [0.15, 0.2) is 36.4 Å². The van der Waals surface area contributed by atoms with Gasteiger partial charge in [0.1, 0.15) is 0 Å². The third kappa shape index (κ3) is 5.82. The van der Waals surface area contributed by atoms with Gasteiger partial charge in [-0.05, 0) is 42.7 Å². The highest BCUT2D eigenvalue weighted by Crippen LogP contribution is 2.22. The lowest BCUT2D eigenvalue weighted by Crippen LogP contribution is -2.23. The third-order valence-electron chi connectivity index (χ3n) is 4.25. The summed E-state index contributed by atoms with van der Waals surface area (Å²) in [7, 11) is -2.80. The lowest BCUT2D eigenvalue weighted by Gasteiger charge is -2.08. The standard InChI is InChI=1S/C18H25NO3S/c1-2-16(17-8-4-3-5-9-17)13-18(20)19-11-6-7-15-10-12-23(21,22)14-15/h3-5,8-9,13,15H,2,6-7,10-12,14H2,1H3,(H,19,20)/b16-13+. The molecule has 1 amide bonds. The van der Waals surface area contributed by atoms with Crippen molar-refractivity contribution in [1.29, 1.82) is 0 Å². The predicted molar refractivity (Wildman–Crippen MR) is 93.7 cm³/mol. The van der Waals surface area contributed by atoms with Gasteiger partial charge in [0.15, 0.2) is 9.84 Å². The zero-order valence-electron chi connectivity index (χ0n) is 13.6. The van der Waals surface area contributed by atoms with Crippen LogP contribution >= 0.6 is 0 Å². The molecule has 1 aromatic carbocycles. The van der Waals surface area contributed by atoms with E-state index in [1.807, 2.05) is 37.3 Å². The largest absolute Gasteiger partial charge is 0.353 e. The van der Waals surface area contributed by atoms with Crippen LogP contribution in [-0.4, -0.2) is 32.4 Å². The van der Waals surface area contributed by atoms with Gasteiger partial charge in [-0.3, -0.25) is 4.79 Å². The Morgan fingerprint density at radius 2 is 2.04 bits per heavy atom. The first-order chi connectivity index (χ1) is 11.0. The summed E-state index contributed by atoms with van der Waals surface area (Å²) < 4.78 is 22.8. The van der Waals surface area contributed by atoms with Crippen molar-refractivity contribution in [3.05, 3.63) is 42.0 Å². The van der Waals surface area contributed by atoms with Gasteiger partial charge < -0.3 is 5.32 Å². The van der Waals surface area contributed by atoms with Gasteiger partial charge in [0.2, 0.25) is 5.91 Å².